The first-order valence-electron chi connectivity index (χ1n) is 24.8. The Bertz CT molecular complexity index is 1090. The first-order chi connectivity index (χ1) is 32.5. The summed E-state index contributed by atoms with van der Waals surface area (Å²) in [7, 11) is 0. The lowest BCUT2D eigenvalue weighted by Gasteiger charge is -2.12. The van der Waals surface area contributed by atoms with Crippen molar-refractivity contribution in [2.45, 2.75) is 116 Å². The molecule has 0 spiro atoms. The zero-order valence-corrected chi connectivity index (χ0v) is 40.6. The fraction of sp³-hybridized carbons (Fsp3) is 0.915. The zero-order chi connectivity index (χ0) is 47.5. The van der Waals surface area contributed by atoms with E-state index in [2.05, 4.69) is 12.2 Å². The number of ether oxygens (including phenoxy) is 12. The van der Waals surface area contributed by atoms with Gasteiger partial charge in [-0.2, -0.15) is 0 Å². The van der Waals surface area contributed by atoms with Gasteiger partial charge in [-0.05, 0) is 6.42 Å². The van der Waals surface area contributed by atoms with Crippen molar-refractivity contribution in [2.24, 2.45) is 0 Å². The van der Waals surface area contributed by atoms with E-state index in [0.717, 1.165) is 12.8 Å². The largest absolute Gasteiger partial charge is 0.378 e. The SMILES string of the molecule is CCCCCCCCCCCCCCCC(=O)NCCOCCOCCOCCOCCOCCOCCOCCOCCOCCOCCOCCOCCC(=O)ON1C(=O)CCC1=O. The molecule has 0 aromatic heterocycles. The Morgan fingerprint density at radius 2 is 0.652 bits per heavy atom. The summed E-state index contributed by atoms with van der Waals surface area (Å²) in [5, 5.41) is 3.45. The highest BCUT2D eigenvalue weighted by Gasteiger charge is 2.32. The van der Waals surface area contributed by atoms with E-state index in [1.54, 1.807) is 0 Å². The van der Waals surface area contributed by atoms with Crippen molar-refractivity contribution in [1.82, 2.24) is 10.4 Å². The van der Waals surface area contributed by atoms with Gasteiger partial charge in [-0.3, -0.25) is 14.4 Å². The minimum Gasteiger partial charge on any atom is -0.378 e. The quantitative estimate of drug-likeness (QED) is 0.0644. The van der Waals surface area contributed by atoms with Crippen molar-refractivity contribution in [3.05, 3.63) is 0 Å². The molecule has 0 unspecified atom stereocenters. The van der Waals surface area contributed by atoms with E-state index in [1.807, 2.05) is 0 Å². The third-order valence-corrected chi connectivity index (χ3v) is 9.82. The topological polar surface area (TPSA) is 204 Å². The maximum absolute atomic E-state index is 12.0. The molecule has 66 heavy (non-hydrogen) atoms. The fourth-order valence-corrected chi connectivity index (χ4v) is 6.14. The van der Waals surface area contributed by atoms with Gasteiger partial charge in [0.15, 0.2) is 0 Å². The lowest BCUT2D eigenvalue weighted by Crippen LogP contribution is -2.32. The Hall–Kier alpha value is -2.40. The molecule has 0 aliphatic carbocycles. The Morgan fingerprint density at radius 3 is 0.970 bits per heavy atom. The van der Waals surface area contributed by atoms with E-state index in [0.29, 0.717) is 163 Å². The molecule has 0 aromatic carbocycles. The molecule has 1 rings (SSSR count). The minimum atomic E-state index is -0.701. The molecule has 0 atom stereocenters. The molecule has 388 valence electrons. The first kappa shape index (κ1) is 61.6. The first-order valence-corrected chi connectivity index (χ1v) is 24.8. The summed E-state index contributed by atoms with van der Waals surface area (Å²) in [5.41, 5.74) is 0. The second-order valence-corrected chi connectivity index (χ2v) is 15.5. The third kappa shape index (κ3) is 44.1. The Kier molecular flexibility index (Phi) is 47.1. The number of hydroxylamine groups is 2. The fourth-order valence-electron chi connectivity index (χ4n) is 6.14. The number of hydrogen-bond acceptors (Lipinski definition) is 17. The number of hydrogen-bond donors (Lipinski definition) is 1. The molecule has 1 aliphatic heterocycles. The number of carbonyl (C=O) groups is 4. The number of amides is 3. The smallest absolute Gasteiger partial charge is 0.335 e. The maximum atomic E-state index is 12.0. The molecule has 19 nitrogen and oxygen atoms in total. The molecular weight excluding hydrogens is 865 g/mol. The molecule has 0 bridgehead atoms. The molecule has 0 saturated carbocycles. The Morgan fingerprint density at radius 1 is 0.379 bits per heavy atom. The summed E-state index contributed by atoms with van der Waals surface area (Å²) in [5.74, 6) is -1.62. The summed E-state index contributed by atoms with van der Waals surface area (Å²) < 4.78 is 65.7. The maximum Gasteiger partial charge on any atom is 0.335 e. The normalized spacial score (nSPS) is 12.8. The van der Waals surface area contributed by atoms with Crippen molar-refractivity contribution >= 4 is 23.7 Å². The summed E-state index contributed by atoms with van der Waals surface area (Å²) >= 11 is 0. The number of carbonyl (C=O) groups excluding carboxylic acids is 4. The van der Waals surface area contributed by atoms with Crippen LogP contribution in [0.3, 0.4) is 0 Å². The second kappa shape index (κ2) is 50.5. The highest BCUT2D eigenvalue weighted by atomic mass is 16.7. The zero-order valence-electron chi connectivity index (χ0n) is 40.6. The molecule has 3 amide bonds. The molecule has 0 radical (unpaired) electrons. The Labute approximate surface area is 395 Å². The van der Waals surface area contributed by atoms with Crippen LogP contribution < -0.4 is 5.32 Å². The van der Waals surface area contributed by atoms with Crippen LogP contribution in [0.15, 0.2) is 0 Å². The predicted octanol–water partition coefficient (Wildman–Crippen LogP) is 4.78. The minimum absolute atomic E-state index is 0.0564. The van der Waals surface area contributed by atoms with E-state index in [4.69, 9.17) is 61.7 Å². The van der Waals surface area contributed by atoms with Crippen molar-refractivity contribution in [2.75, 3.05) is 165 Å². The number of nitrogens with zero attached hydrogens (tertiary/aromatic N) is 1. The van der Waals surface area contributed by atoms with Gasteiger partial charge in [-0.15, -0.1) is 5.06 Å². The van der Waals surface area contributed by atoms with Crippen molar-refractivity contribution in [3.63, 3.8) is 0 Å². The van der Waals surface area contributed by atoms with Gasteiger partial charge in [0.05, 0.1) is 165 Å². The number of unbranched alkanes of at least 4 members (excludes halogenated alkanes) is 12. The lowest BCUT2D eigenvalue weighted by atomic mass is 10.0. The molecule has 0 aromatic rings. The van der Waals surface area contributed by atoms with E-state index >= 15 is 0 Å². The van der Waals surface area contributed by atoms with Crippen molar-refractivity contribution in [3.8, 4) is 0 Å². The van der Waals surface area contributed by atoms with Crippen LogP contribution in [0, 0.1) is 0 Å². The van der Waals surface area contributed by atoms with Crippen LogP contribution in [0.5, 0.6) is 0 Å². The number of imide groups is 1. The van der Waals surface area contributed by atoms with Gasteiger partial charge in [0.1, 0.15) is 0 Å². The van der Waals surface area contributed by atoms with Gasteiger partial charge < -0.3 is 67.0 Å². The molecule has 1 aliphatic rings. The van der Waals surface area contributed by atoms with Crippen LogP contribution >= 0.6 is 0 Å². The van der Waals surface area contributed by atoms with Gasteiger partial charge in [-0.1, -0.05) is 84.0 Å². The van der Waals surface area contributed by atoms with E-state index in [-0.39, 0.29) is 38.4 Å². The summed E-state index contributed by atoms with van der Waals surface area (Å²) in [6.45, 7) is 13.3. The highest BCUT2D eigenvalue weighted by Crippen LogP contribution is 2.14. The van der Waals surface area contributed by atoms with Crippen molar-refractivity contribution < 1.29 is 80.9 Å². The predicted molar refractivity (Wildman–Crippen MR) is 245 cm³/mol. The Balaban J connectivity index is 1.63. The summed E-state index contributed by atoms with van der Waals surface area (Å²) in [4.78, 5) is 51.3. The molecule has 1 fully saturated rings. The molecule has 1 heterocycles. The summed E-state index contributed by atoms with van der Waals surface area (Å²) in [6.07, 6.45) is 17.6. The van der Waals surface area contributed by atoms with Gasteiger partial charge in [0.2, 0.25) is 5.91 Å². The second-order valence-electron chi connectivity index (χ2n) is 15.5. The molecular formula is C47H88N2O17. The highest BCUT2D eigenvalue weighted by molar-refractivity contribution is 6.01. The third-order valence-electron chi connectivity index (χ3n) is 9.82. The van der Waals surface area contributed by atoms with Crippen LogP contribution in [0.2, 0.25) is 0 Å². The standard InChI is InChI=1S/C47H88N2O17/c1-2-3-4-5-6-7-8-9-10-11-12-13-14-15-44(50)48-19-21-55-23-25-57-27-29-59-31-33-61-35-37-63-39-41-65-43-42-64-40-38-62-36-34-60-32-30-58-28-26-56-24-22-54-20-18-47(53)66-49-45(51)16-17-46(49)52/h2-43H2,1H3,(H,48,50). The van der Waals surface area contributed by atoms with Gasteiger partial charge in [-0.25, -0.2) is 4.79 Å². The van der Waals surface area contributed by atoms with Crippen LogP contribution in [0.1, 0.15) is 116 Å². The molecule has 1 N–H and O–H groups in total. The summed E-state index contributed by atoms with van der Waals surface area (Å²) in [6, 6.07) is 0. The van der Waals surface area contributed by atoms with E-state index in [9.17, 15) is 19.2 Å². The van der Waals surface area contributed by atoms with Crippen LogP contribution in [-0.2, 0) is 80.9 Å². The van der Waals surface area contributed by atoms with Crippen LogP contribution in [0.4, 0.5) is 0 Å². The van der Waals surface area contributed by atoms with Crippen LogP contribution in [-0.4, -0.2) is 194 Å². The molecule has 19 heteroatoms. The average Bonchev–Trinajstić information content (AvgIpc) is 3.63. The van der Waals surface area contributed by atoms with E-state index in [1.165, 1.54) is 70.6 Å². The monoisotopic (exact) mass is 953 g/mol. The van der Waals surface area contributed by atoms with Gasteiger partial charge in [0, 0.05) is 25.8 Å². The lowest BCUT2D eigenvalue weighted by molar-refractivity contribution is -0.198. The molecule has 1 saturated heterocycles. The average molecular weight is 953 g/mol. The van der Waals surface area contributed by atoms with Crippen molar-refractivity contribution in [1.29, 1.82) is 0 Å². The van der Waals surface area contributed by atoms with Crippen LogP contribution in [0.25, 0.3) is 0 Å². The van der Waals surface area contributed by atoms with Gasteiger partial charge >= 0.3 is 5.97 Å². The number of nitrogens with one attached hydrogen (secondary N) is 1. The van der Waals surface area contributed by atoms with E-state index < -0.39 is 17.8 Å². The number of rotatable bonds is 54. The van der Waals surface area contributed by atoms with Gasteiger partial charge in [0.25, 0.3) is 11.8 Å².